The molecule has 0 spiro atoms. The molecule has 0 fully saturated rings. The molecule has 0 saturated carbocycles. The van der Waals surface area contributed by atoms with Crippen molar-refractivity contribution in [1.29, 1.82) is 0 Å². The zero-order valence-electron chi connectivity index (χ0n) is 26.0. The summed E-state index contributed by atoms with van der Waals surface area (Å²) in [5.74, 6) is 2.46. The first-order valence-corrected chi connectivity index (χ1v) is 16.5. The summed E-state index contributed by atoms with van der Waals surface area (Å²) in [5, 5.41) is 0. The van der Waals surface area contributed by atoms with E-state index in [1.54, 1.807) is 0 Å². The van der Waals surface area contributed by atoms with Crippen molar-refractivity contribution in [2.75, 3.05) is 0 Å². The summed E-state index contributed by atoms with van der Waals surface area (Å²) in [6.45, 7) is 22.1. The lowest BCUT2D eigenvalue weighted by Crippen LogP contribution is -2.37. The normalized spacial score (nSPS) is 27.2. The van der Waals surface area contributed by atoms with Gasteiger partial charge >= 0.3 is 0 Å². The number of allylic oxidation sites excluding steroid dienone is 4. The van der Waals surface area contributed by atoms with Crippen LogP contribution in [-0.4, -0.2) is 0 Å². The third-order valence-corrected chi connectivity index (χ3v) is 9.07. The molecule has 0 aliphatic heterocycles. The molecule has 0 radical (unpaired) electrons. The van der Waals surface area contributed by atoms with E-state index < -0.39 is 0 Å². The second kappa shape index (κ2) is 17.9. The van der Waals surface area contributed by atoms with E-state index in [-0.39, 0.29) is 0 Å². The first kappa shape index (κ1) is 32.5. The van der Waals surface area contributed by atoms with Gasteiger partial charge in [0.05, 0.1) is 0 Å². The van der Waals surface area contributed by atoms with Crippen LogP contribution in [0.2, 0.25) is 0 Å². The van der Waals surface area contributed by atoms with Crippen LogP contribution < -0.4 is 0 Å². The molecule has 1 aliphatic carbocycles. The molecule has 0 nitrogen and oxygen atoms in total. The fraction of sp³-hybridized carbons (Fsp3) is 0.886. The van der Waals surface area contributed by atoms with Crippen molar-refractivity contribution in [3.05, 3.63) is 22.3 Å². The fourth-order valence-corrected chi connectivity index (χ4v) is 8.27. The molecule has 0 N–H and O–H groups in total. The minimum absolute atomic E-state index is 0.333. The number of hydrogen-bond acceptors (Lipinski definition) is 0. The Morgan fingerprint density at radius 3 is 1.09 bits per heavy atom. The molecule has 0 aromatic carbocycles. The van der Waals surface area contributed by atoms with Crippen LogP contribution in [0.1, 0.15) is 178 Å². The summed E-state index contributed by atoms with van der Waals surface area (Å²) in [4.78, 5) is 0. The lowest BCUT2D eigenvalue weighted by Gasteiger charge is -2.49. The van der Waals surface area contributed by atoms with Crippen molar-refractivity contribution >= 4 is 0 Å². The van der Waals surface area contributed by atoms with E-state index in [9.17, 15) is 0 Å². The van der Waals surface area contributed by atoms with Crippen molar-refractivity contribution < 1.29 is 0 Å². The molecule has 0 heterocycles. The minimum atomic E-state index is 0.333. The van der Waals surface area contributed by atoms with E-state index in [4.69, 9.17) is 0 Å². The van der Waals surface area contributed by atoms with Gasteiger partial charge in [-0.2, -0.15) is 0 Å². The van der Waals surface area contributed by atoms with E-state index in [1.165, 1.54) is 116 Å². The Morgan fingerprint density at radius 1 is 0.429 bits per heavy atom. The van der Waals surface area contributed by atoms with E-state index in [2.05, 4.69) is 62.3 Å². The molecule has 206 valence electrons. The van der Waals surface area contributed by atoms with Crippen LogP contribution in [0.5, 0.6) is 0 Å². The lowest BCUT2D eigenvalue weighted by molar-refractivity contribution is 0.206. The molecule has 0 saturated heterocycles. The van der Waals surface area contributed by atoms with Crippen molar-refractivity contribution in [1.82, 2.24) is 0 Å². The molecule has 1 rings (SSSR count). The van der Waals surface area contributed by atoms with Gasteiger partial charge < -0.3 is 0 Å². The van der Waals surface area contributed by atoms with Crippen LogP contribution in [0.25, 0.3) is 0 Å². The standard InChI is InChI=1S/C35H66/c1-10-19-28-29(20-11-2)31(22-13-4)33(24-15-6)35(26-17-8,27-18-9)34(25-16-7)32(23-14-5)30(28)21-12-3/h28-30H,10-27H2,1-9H3/b33-31-,34-32-. The highest BCUT2D eigenvalue weighted by Crippen LogP contribution is 2.57. The quantitative estimate of drug-likeness (QED) is 0.169. The van der Waals surface area contributed by atoms with E-state index >= 15 is 0 Å². The van der Waals surface area contributed by atoms with E-state index in [1.807, 2.05) is 22.3 Å². The van der Waals surface area contributed by atoms with Crippen LogP contribution in [0.3, 0.4) is 0 Å². The summed E-state index contributed by atoms with van der Waals surface area (Å²) in [6, 6.07) is 0. The van der Waals surface area contributed by atoms with Gasteiger partial charge in [-0.25, -0.2) is 0 Å². The van der Waals surface area contributed by atoms with Crippen molar-refractivity contribution in [3.63, 3.8) is 0 Å². The third-order valence-electron chi connectivity index (χ3n) is 9.07. The molecule has 0 amide bonds. The van der Waals surface area contributed by atoms with Gasteiger partial charge in [-0.3, -0.25) is 0 Å². The molecule has 0 bridgehead atoms. The predicted molar refractivity (Wildman–Crippen MR) is 161 cm³/mol. The maximum atomic E-state index is 2.47. The van der Waals surface area contributed by atoms with Gasteiger partial charge in [-0.05, 0) is 75.5 Å². The van der Waals surface area contributed by atoms with Crippen LogP contribution >= 0.6 is 0 Å². The SMILES string of the molecule is CCC/C1=C(\CCC)C(CCC)(CCC)/C(CCC)=C(/CCC)C(CCC)C(CCC)C1CCC. The van der Waals surface area contributed by atoms with E-state index in [0.29, 0.717) is 5.41 Å². The summed E-state index contributed by atoms with van der Waals surface area (Å²) in [5.41, 5.74) is 8.16. The van der Waals surface area contributed by atoms with Gasteiger partial charge in [0.15, 0.2) is 0 Å². The Balaban J connectivity index is 4.29. The van der Waals surface area contributed by atoms with Gasteiger partial charge in [0, 0.05) is 5.41 Å². The van der Waals surface area contributed by atoms with Crippen LogP contribution in [0.15, 0.2) is 22.3 Å². The maximum absolute atomic E-state index is 2.47. The van der Waals surface area contributed by atoms with Crippen LogP contribution in [-0.2, 0) is 0 Å². The fourth-order valence-electron chi connectivity index (χ4n) is 8.27. The Bertz CT molecular complexity index is 566. The summed E-state index contributed by atoms with van der Waals surface area (Å²) in [6.07, 6.45) is 24.2. The van der Waals surface area contributed by atoms with Gasteiger partial charge in [0.1, 0.15) is 0 Å². The smallest absolute Gasteiger partial charge is 0.0126 e. The molecule has 2 atom stereocenters. The van der Waals surface area contributed by atoms with Gasteiger partial charge in [0.25, 0.3) is 0 Å². The Morgan fingerprint density at radius 2 is 0.800 bits per heavy atom. The van der Waals surface area contributed by atoms with Crippen LogP contribution in [0, 0.1) is 23.2 Å². The topological polar surface area (TPSA) is 0 Å². The van der Waals surface area contributed by atoms with Crippen molar-refractivity contribution in [2.24, 2.45) is 23.2 Å². The maximum Gasteiger partial charge on any atom is 0.0126 e. The summed E-state index contributed by atoms with van der Waals surface area (Å²) in [7, 11) is 0. The van der Waals surface area contributed by atoms with Gasteiger partial charge in [-0.1, -0.05) is 142 Å². The Kier molecular flexibility index (Phi) is 16.6. The average Bonchev–Trinajstić information content (AvgIpc) is 2.84. The molecule has 0 heteroatoms. The first-order chi connectivity index (χ1) is 17.0. The lowest BCUT2D eigenvalue weighted by atomic mass is 9.55. The average molecular weight is 487 g/mol. The largest absolute Gasteiger partial charge is 0.0667 e. The molecule has 0 aromatic rings. The van der Waals surface area contributed by atoms with Gasteiger partial charge in [0.2, 0.25) is 0 Å². The molecule has 0 aromatic heterocycles. The van der Waals surface area contributed by atoms with Crippen molar-refractivity contribution in [3.8, 4) is 0 Å². The highest BCUT2D eigenvalue weighted by molar-refractivity contribution is 5.40. The Labute approximate surface area is 223 Å². The van der Waals surface area contributed by atoms with Crippen molar-refractivity contribution in [2.45, 2.75) is 178 Å². The molecular formula is C35H66. The van der Waals surface area contributed by atoms with Crippen LogP contribution in [0.4, 0.5) is 0 Å². The molecular weight excluding hydrogens is 420 g/mol. The molecule has 35 heavy (non-hydrogen) atoms. The van der Waals surface area contributed by atoms with E-state index in [0.717, 1.165) is 17.8 Å². The second-order valence-corrected chi connectivity index (χ2v) is 11.8. The molecule has 2 unspecified atom stereocenters. The van der Waals surface area contributed by atoms with Gasteiger partial charge in [-0.15, -0.1) is 0 Å². The summed E-state index contributed by atoms with van der Waals surface area (Å²) >= 11 is 0. The summed E-state index contributed by atoms with van der Waals surface area (Å²) < 4.78 is 0. The predicted octanol–water partition coefficient (Wildman–Crippen LogP) is 12.6. The molecule has 1 aliphatic rings. The highest BCUT2D eigenvalue weighted by atomic mass is 14.5. The zero-order valence-corrected chi connectivity index (χ0v) is 26.0. The number of hydrogen-bond donors (Lipinski definition) is 0. The minimum Gasteiger partial charge on any atom is -0.0667 e. The zero-order chi connectivity index (χ0) is 26.3. The Hall–Kier alpha value is -0.520. The highest BCUT2D eigenvalue weighted by Gasteiger charge is 2.44. The second-order valence-electron chi connectivity index (χ2n) is 11.8. The third kappa shape index (κ3) is 7.98. The number of rotatable bonds is 18. The monoisotopic (exact) mass is 487 g/mol. The first-order valence-electron chi connectivity index (χ1n) is 16.5.